The molecule has 9 heteroatoms. The number of amides is 2. The number of carbonyl (C=O) groups excluding carboxylic acids is 2. The van der Waals surface area contributed by atoms with Crippen LogP contribution in [0.25, 0.3) is 10.8 Å². The van der Waals surface area contributed by atoms with Gasteiger partial charge in [-0.1, -0.05) is 54.6 Å². The van der Waals surface area contributed by atoms with E-state index in [-0.39, 0.29) is 11.3 Å². The SMILES string of the molecule is O=C(NC(C(=O)NN=Cc1ccccc1F)c1n[nH]c(=O)c2ccccc12)c1ccccc1. The molecule has 0 spiro atoms. The highest BCUT2D eigenvalue weighted by molar-refractivity contribution is 5.99. The van der Waals surface area contributed by atoms with Crippen LogP contribution in [0, 0.1) is 5.82 Å². The molecule has 0 saturated heterocycles. The lowest BCUT2D eigenvalue weighted by Crippen LogP contribution is -2.40. The molecule has 0 bridgehead atoms. The van der Waals surface area contributed by atoms with Gasteiger partial charge in [-0.3, -0.25) is 14.4 Å². The summed E-state index contributed by atoms with van der Waals surface area (Å²) in [5, 5.41) is 13.5. The summed E-state index contributed by atoms with van der Waals surface area (Å²) in [5.41, 5.74) is 2.52. The van der Waals surface area contributed by atoms with E-state index < -0.39 is 29.2 Å². The number of fused-ring (bicyclic) bond motifs is 1. The second-order valence-corrected chi connectivity index (χ2v) is 7.01. The van der Waals surface area contributed by atoms with Crippen molar-refractivity contribution in [2.75, 3.05) is 0 Å². The van der Waals surface area contributed by atoms with E-state index in [1.54, 1.807) is 60.7 Å². The maximum absolute atomic E-state index is 13.8. The van der Waals surface area contributed by atoms with Crippen molar-refractivity contribution in [1.82, 2.24) is 20.9 Å². The maximum Gasteiger partial charge on any atom is 0.272 e. The lowest BCUT2D eigenvalue weighted by molar-refractivity contribution is -0.123. The van der Waals surface area contributed by atoms with Gasteiger partial charge in [0.1, 0.15) is 11.5 Å². The molecule has 164 valence electrons. The number of carbonyl (C=O) groups is 2. The Morgan fingerprint density at radius 1 is 0.939 bits per heavy atom. The fourth-order valence-corrected chi connectivity index (χ4v) is 3.23. The summed E-state index contributed by atoms with van der Waals surface area (Å²) in [4.78, 5) is 38.0. The van der Waals surface area contributed by atoms with Gasteiger partial charge in [0, 0.05) is 16.5 Å². The van der Waals surface area contributed by atoms with Crippen molar-refractivity contribution >= 4 is 28.8 Å². The predicted molar refractivity (Wildman–Crippen MR) is 121 cm³/mol. The Morgan fingerprint density at radius 3 is 2.36 bits per heavy atom. The number of hydrogen-bond acceptors (Lipinski definition) is 5. The third-order valence-corrected chi connectivity index (χ3v) is 4.86. The normalized spacial score (nSPS) is 11.9. The summed E-state index contributed by atoms with van der Waals surface area (Å²) in [6.07, 6.45) is 1.15. The van der Waals surface area contributed by atoms with E-state index in [2.05, 4.69) is 26.0 Å². The number of rotatable bonds is 6. The Bertz CT molecular complexity index is 1400. The molecule has 8 nitrogen and oxygen atoms in total. The Hall–Kier alpha value is -4.66. The Morgan fingerprint density at radius 2 is 1.61 bits per heavy atom. The quantitative estimate of drug-likeness (QED) is 0.314. The van der Waals surface area contributed by atoms with E-state index in [9.17, 15) is 18.8 Å². The average molecular weight is 443 g/mol. The van der Waals surface area contributed by atoms with Crippen molar-refractivity contribution in [1.29, 1.82) is 0 Å². The second-order valence-electron chi connectivity index (χ2n) is 7.01. The molecule has 0 aliphatic rings. The minimum Gasteiger partial charge on any atom is -0.335 e. The number of benzene rings is 3. The van der Waals surface area contributed by atoms with Crippen LogP contribution in [-0.2, 0) is 4.79 Å². The topological polar surface area (TPSA) is 116 Å². The first-order chi connectivity index (χ1) is 16.0. The van der Waals surface area contributed by atoms with E-state index >= 15 is 0 Å². The van der Waals surface area contributed by atoms with E-state index in [0.29, 0.717) is 16.3 Å². The molecule has 0 aliphatic carbocycles. The van der Waals surface area contributed by atoms with Gasteiger partial charge in [-0.05, 0) is 24.3 Å². The smallest absolute Gasteiger partial charge is 0.272 e. The van der Waals surface area contributed by atoms with Crippen molar-refractivity contribution in [2.45, 2.75) is 6.04 Å². The van der Waals surface area contributed by atoms with Crippen molar-refractivity contribution in [3.05, 3.63) is 112 Å². The Balaban J connectivity index is 1.68. The zero-order chi connectivity index (χ0) is 23.2. The molecular weight excluding hydrogens is 425 g/mol. The number of nitrogens with zero attached hydrogens (tertiary/aromatic N) is 2. The number of aromatic amines is 1. The second kappa shape index (κ2) is 9.65. The van der Waals surface area contributed by atoms with Crippen molar-refractivity contribution in [3.8, 4) is 0 Å². The summed E-state index contributed by atoms with van der Waals surface area (Å²) in [6, 6.07) is 19.6. The molecule has 3 N–H and O–H groups in total. The van der Waals surface area contributed by atoms with Gasteiger partial charge in [0.2, 0.25) is 0 Å². The molecular formula is C24H18FN5O3. The number of H-pyrrole nitrogens is 1. The van der Waals surface area contributed by atoms with Crippen molar-refractivity contribution < 1.29 is 14.0 Å². The van der Waals surface area contributed by atoms with Crippen LogP contribution in [0.2, 0.25) is 0 Å². The average Bonchev–Trinajstić information content (AvgIpc) is 2.85. The fraction of sp³-hybridized carbons (Fsp3) is 0.0417. The van der Waals surface area contributed by atoms with Crippen LogP contribution in [0.15, 0.2) is 88.8 Å². The van der Waals surface area contributed by atoms with Gasteiger partial charge < -0.3 is 5.32 Å². The van der Waals surface area contributed by atoms with Crippen LogP contribution < -0.4 is 16.3 Å². The first kappa shape index (κ1) is 21.6. The van der Waals surface area contributed by atoms with Crippen molar-refractivity contribution in [2.24, 2.45) is 5.10 Å². The molecule has 1 atom stereocenters. The molecule has 1 aromatic heterocycles. The van der Waals surface area contributed by atoms with Crippen molar-refractivity contribution in [3.63, 3.8) is 0 Å². The zero-order valence-electron chi connectivity index (χ0n) is 17.2. The number of hydrazone groups is 1. The highest BCUT2D eigenvalue weighted by atomic mass is 19.1. The third kappa shape index (κ3) is 4.82. The summed E-state index contributed by atoms with van der Waals surface area (Å²) in [5.74, 6) is -1.75. The molecule has 33 heavy (non-hydrogen) atoms. The summed E-state index contributed by atoms with van der Waals surface area (Å²) >= 11 is 0. The monoisotopic (exact) mass is 443 g/mol. The highest BCUT2D eigenvalue weighted by Crippen LogP contribution is 2.20. The Kier molecular flexibility index (Phi) is 6.31. The summed E-state index contributed by atoms with van der Waals surface area (Å²) in [7, 11) is 0. The zero-order valence-corrected chi connectivity index (χ0v) is 17.2. The summed E-state index contributed by atoms with van der Waals surface area (Å²) in [6.45, 7) is 0. The minimum absolute atomic E-state index is 0.132. The van der Waals surface area contributed by atoms with Crippen LogP contribution in [0.5, 0.6) is 0 Å². The van der Waals surface area contributed by atoms with Gasteiger partial charge in [-0.2, -0.15) is 10.2 Å². The summed E-state index contributed by atoms with van der Waals surface area (Å²) < 4.78 is 13.8. The first-order valence-corrected chi connectivity index (χ1v) is 9.95. The van der Waals surface area contributed by atoms with Crippen LogP contribution in [0.3, 0.4) is 0 Å². The molecule has 2 amide bonds. The standard InChI is InChI=1S/C24H18FN5O3/c25-19-13-7-4-10-16(19)14-26-29-24(33)21(27-22(31)15-8-2-1-3-9-15)20-17-11-5-6-12-18(17)23(32)30-28-20/h1-14,21H,(H,27,31)(H,29,33)(H,30,32). The first-order valence-electron chi connectivity index (χ1n) is 9.95. The molecule has 0 radical (unpaired) electrons. The number of nitrogens with one attached hydrogen (secondary N) is 3. The molecule has 0 saturated carbocycles. The largest absolute Gasteiger partial charge is 0.335 e. The maximum atomic E-state index is 13.8. The van der Waals surface area contributed by atoms with E-state index in [4.69, 9.17) is 0 Å². The predicted octanol–water partition coefficient (Wildman–Crippen LogP) is 2.68. The lowest BCUT2D eigenvalue weighted by atomic mass is 10.0. The molecule has 4 aromatic rings. The number of aromatic nitrogens is 2. The molecule has 0 aliphatic heterocycles. The van der Waals surface area contributed by atoms with E-state index in [0.717, 1.165) is 6.21 Å². The van der Waals surface area contributed by atoms with E-state index in [1.807, 2.05) is 0 Å². The molecule has 3 aromatic carbocycles. The number of hydrogen-bond donors (Lipinski definition) is 3. The Labute approximate surface area is 187 Å². The minimum atomic E-state index is -1.29. The molecule has 1 heterocycles. The van der Waals surface area contributed by atoms with Crippen LogP contribution in [-0.4, -0.2) is 28.2 Å². The van der Waals surface area contributed by atoms with Gasteiger partial charge in [-0.25, -0.2) is 14.9 Å². The fourth-order valence-electron chi connectivity index (χ4n) is 3.23. The lowest BCUT2D eigenvalue weighted by Gasteiger charge is -2.18. The highest BCUT2D eigenvalue weighted by Gasteiger charge is 2.27. The van der Waals surface area contributed by atoms with Crippen LogP contribution in [0.4, 0.5) is 4.39 Å². The molecule has 4 rings (SSSR count). The van der Waals surface area contributed by atoms with Gasteiger partial charge in [0.15, 0.2) is 6.04 Å². The molecule has 1 unspecified atom stereocenters. The number of halogens is 1. The van der Waals surface area contributed by atoms with Gasteiger partial charge in [0.25, 0.3) is 17.4 Å². The van der Waals surface area contributed by atoms with Crippen LogP contribution in [0.1, 0.15) is 27.7 Å². The van der Waals surface area contributed by atoms with Gasteiger partial charge >= 0.3 is 0 Å². The van der Waals surface area contributed by atoms with Crippen LogP contribution >= 0.6 is 0 Å². The van der Waals surface area contributed by atoms with Gasteiger partial charge in [0.05, 0.1) is 11.6 Å². The third-order valence-electron chi connectivity index (χ3n) is 4.86. The van der Waals surface area contributed by atoms with E-state index in [1.165, 1.54) is 18.2 Å². The molecule has 0 fully saturated rings. The van der Waals surface area contributed by atoms with Gasteiger partial charge in [-0.15, -0.1) is 0 Å².